The monoisotopic (exact) mass is 555 g/mol. The van der Waals surface area contributed by atoms with Crippen LogP contribution in [-0.2, 0) is 29.7 Å². The minimum atomic E-state index is -4.78. The lowest BCUT2D eigenvalue weighted by Crippen LogP contribution is -2.40. The largest absolute Gasteiger partial charge is 0.493 e. The van der Waals surface area contributed by atoms with Crippen molar-refractivity contribution in [3.8, 4) is 17.2 Å². The predicted octanol–water partition coefficient (Wildman–Crippen LogP) is 5.32. The number of urea groups is 1. The van der Waals surface area contributed by atoms with Crippen molar-refractivity contribution in [2.75, 3.05) is 6.61 Å². The number of aliphatic hydroxyl groups is 1. The first-order valence-corrected chi connectivity index (χ1v) is 12.9. The maximum Gasteiger partial charge on any atom is 0.418 e. The molecule has 2 N–H and O–H groups in total. The SMILES string of the molecule is CCCc1cc(C(O)C(F)(F)F)ccc1Oc1cncc(CN2C(=O)NC(C)(c3ccc4c(c3)CCO4)C2=O)c1. The Morgan fingerprint density at radius 3 is 2.73 bits per heavy atom. The zero-order valence-electron chi connectivity index (χ0n) is 21.9. The normalized spacial score (nSPS) is 19.3. The minimum absolute atomic E-state index is 0.0585. The second-order valence-electron chi connectivity index (χ2n) is 10.1. The summed E-state index contributed by atoms with van der Waals surface area (Å²) in [5.41, 5.74) is 1.15. The molecule has 0 saturated carbocycles. The van der Waals surface area contributed by atoms with Crippen LogP contribution in [0.5, 0.6) is 17.2 Å². The van der Waals surface area contributed by atoms with Gasteiger partial charge in [-0.05, 0) is 71.5 Å². The lowest BCUT2D eigenvalue weighted by Gasteiger charge is -2.23. The zero-order chi connectivity index (χ0) is 28.7. The summed E-state index contributed by atoms with van der Waals surface area (Å²) in [6, 6.07) is 10.4. The summed E-state index contributed by atoms with van der Waals surface area (Å²) in [6.07, 6.45) is -2.64. The number of amides is 3. The lowest BCUT2D eigenvalue weighted by molar-refractivity contribution is -0.206. The van der Waals surface area contributed by atoms with E-state index < -0.39 is 29.8 Å². The number of rotatable bonds is 8. The number of imide groups is 1. The van der Waals surface area contributed by atoms with Crippen molar-refractivity contribution in [1.29, 1.82) is 0 Å². The molecule has 0 bridgehead atoms. The van der Waals surface area contributed by atoms with Crippen LogP contribution in [0.4, 0.5) is 18.0 Å². The van der Waals surface area contributed by atoms with Gasteiger partial charge in [-0.2, -0.15) is 13.2 Å². The molecule has 2 atom stereocenters. The number of aliphatic hydroxyl groups excluding tert-OH is 1. The first-order chi connectivity index (χ1) is 19.0. The highest BCUT2D eigenvalue weighted by Crippen LogP contribution is 2.37. The maximum atomic E-state index is 13.5. The van der Waals surface area contributed by atoms with E-state index in [0.717, 1.165) is 22.6 Å². The molecular formula is C29H28F3N3O5. The fraction of sp³-hybridized carbons (Fsp3) is 0.345. The second-order valence-corrected chi connectivity index (χ2v) is 10.1. The molecule has 2 aliphatic heterocycles. The van der Waals surface area contributed by atoms with Crippen LogP contribution in [0, 0.1) is 0 Å². The predicted molar refractivity (Wildman–Crippen MR) is 138 cm³/mol. The van der Waals surface area contributed by atoms with Gasteiger partial charge in [-0.1, -0.05) is 25.5 Å². The molecule has 2 aromatic carbocycles. The number of benzene rings is 2. The van der Waals surface area contributed by atoms with Crippen molar-refractivity contribution in [2.45, 2.75) is 57.5 Å². The molecule has 5 rings (SSSR count). The van der Waals surface area contributed by atoms with Crippen molar-refractivity contribution in [3.05, 3.63) is 82.7 Å². The Balaban J connectivity index is 1.34. The average Bonchev–Trinajstić information content (AvgIpc) is 3.47. The van der Waals surface area contributed by atoms with E-state index in [2.05, 4.69) is 10.3 Å². The zero-order valence-corrected chi connectivity index (χ0v) is 21.9. The van der Waals surface area contributed by atoms with Gasteiger partial charge in [0.15, 0.2) is 6.10 Å². The van der Waals surface area contributed by atoms with Gasteiger partial charge in [-0.25, -0.2) is 4.79 Å². The molecule has 3 aromatic rings. The molecule has 0 spiro atoms. The highest BCUT2D eigenvalue weighted by molar-refractivity contribution is 6.07. The number of pyridine rings is 1. The van der Waals surface area contributed by atoms with E-state index in [1.807, 2.05) is 13.0 Å². The van der Waals surface area contributed by atoms with E-state index in [-0.39, 0.29) is 17.9 Å². The third-order valence-electron chi connectivity index (χ3n) is 7.11. The number of nitrogens with one attached hydrogen (secondary N) is 1. The lowest BCUT2D eigenvalue weighted by atomic mass is 9.90. The van der Waals surface area contributed by atoms with Gasteiger partial charge in [0.2, 0.25) is 0 Å². The summed E-state index contributed by atoms with van der Waals surface area (Å²) >= 11 is 0. The number of halogens is 3. The number of hydrogen-bond acceptors (Lipinski definition) is 6. The van der Waals surface area contributed by atoms with E-state index in [0.29, 0.717) is 41.9 Å². The first kappa shape index (κ1) is 27.4. The molecule has 1 saturated heterocycles. The Kier molecular flexibility index (Phi) is 7.17. The van der Waals surface area contributed by atoms with Crippen LogP contribution in [0.3, 0.4) is 0 Å². The van der Waals surface area contributed by atoms with E-state index in [1.165, 1.54) is 30.6 Å². The van der Waals surface area contributed by atoms with Gasteiger partial charge in [-0.3, -0.25) is 14.7 Å². The van der Waals surface area contributed by atoms with Gasteiger partial charge < -0.3 is 19.9 Å². The van der Waals surface area contributed by atoms with Crippen LogP contribution in [-0.4, -0.2) is 39.7 Å². The van der Waals surface area contributed by atoms with Gasteiger partial charge in [0.05, 0.1) is 19.3 Å². The number of aromatic nitrogens is 1. The fourth-order valence-corrected chi connectivity index (χ4v) is 4.97. The number of alkyl halides is 3. The Labute approximate surface area is 228 Å². The molecule has 0 aliphatic carbocycles. The molecule has 2 aliphatic rings. The smallest absolute Gasteiger partial charge is 0.418 e. The third kappa shape index (κ3) is 5.21. The molecule has 210 valence electrons. The van der Waals surface area contributed by atoms with Crippen molar-refractivity contribution < 1.29 is 37.3 Å². The molecule has 3 amide bonds. The van der Waals surface area contributed by atoms with Crippen LogP contribution in [0.1, 0.15) is 54.2 Å². The molecule has 1 fully saturated rings. The molecule has 40 heavy (non-hydrogen) atoms. The maximum absolute atomic E-state index is 13.5. The van der Waals surface area contributed by atoms with Crippen LogP contribution >= 0.6 is 0 Å². The van der Waals surface area contributed by atoms with Crippen molar-refractivity contribution in [3.63, 3.8) is 0 Å². The van der Waals surface area contributed by atoms with Crippen LogP contribution in [0.25, 0.3) is 0 Å². The summed E-state index contributed by atoms with van der Waals surface area (Å²) in [7, 11) is 0. The number of carbonyl (C=O) groups is 2. The van der Waals surface area contributed by atoms with Crippen LogP contribution < -0.4 is 14.8 Å². The fourth-order valence-electron chi connectivity index (χ4n) is 4.97. The minimum Gasteiger partial charge on any atom is -0.493 e. The standard InChI is InChI=1S/C29H28F3N3O5/c1-3-4-18-12-20(25(36)29(30,31)32)5-7-24(18)40-22-11-17(14-33-15-22)16-35-26(37)28(2,34-27(35)38)21-6-8-23-19(13-21)9-10-39-23/h5-8,11-15,25,36H,3-4,9-10,16H2,1-2H3,(H,34,38). The quantitative estimate of drug-likeness (QED) is 0.365. The Bertz CT molecular complexity index is 1460. The van der Waals surface area contributed by atoms with E-state index >= 15 is 0 Å². The molecule has 3 heterocycles. The summed E-state index contributed by atoms with van der Waals surface area (Å²) < 4.78 is 50.5. The highest BCUT2D eigenvalue weighted by Gasteiger charge is 2.49. The summed E-state index contributed by atoms with van der Waals surface area (Å²) in [6.45, 7) is 4.06. The summed E-state index contributed by atoms with van der Waals surface area (Å²) in [5, 5.41) is 12.5. The van der Waals surface area contributed by atoms with Crippen LogP contribution in [0.15, 0.2) is 54.9 Å². The second kappa shape index (κ2) is 10.5. The number of fused-ring (bicyclic) bond motifs is 1. The third-order valence-corrected chi connectivity index (χ3v) is 7.11. The number of carbonyl (C=O) groups excluding carboxylic acids is 2. The summed E-state index contributed by atoms with van der Waals surface area (Å²) in [5.74, 6) is 0.971. The molecule has 11 heteroatoms. The number of nitrogens with zero attached hydrogens (tertiary/aromatic N) is 2. The summed E-state index contributed by atoms with van der Waals surface area (Å²) in [4.78, 5) is 31.6. The molecular weight excluding hydrogens is 527 g/mol. The van der Waals surface area contributed by atoms with Crippen molar-refractivity contribution >= 4 is 11.9 Å². The Hall–Kier alpha value is -4.12. The van der Waals surface area contributed by atoms with Crippen molar-refractivity contribution in [2.24, 2.45) is 0 Å². The van der Waals surface area contributed by atoms with E-state index in [4.69, 9.17) is 9.47 Å². The Morgan fingerprint density at radius 2 is 1.98 bits per heavy atom. The highest BCUT2D eigenvalue weighted by atomic mass is 19.4. The van der Waals surface area contributed by atoms with Gasteiger partial charge in [0, 0.05) is 12.6 Å². The molecule has 8 nitrogen and oxygen atoms in total. The van der Waals surface area contributed by atoms with Crippen molar-refractivity contribution in [1.82, 2.24) is 15.2 Å². The average molecular weight is 556 g/mol. The number of ether oxygens (including phenoxy) is 2. The number of aryl methyl sites for hydroxylation is 1. The van der Waals surface area contributed by atoms with Gasteiger partial charge >= 0.3 is 12.2 Å². The first-order valence-electron chi connectivity index (χ1n) is 12.9. The Morgan fingerprint density at radius 1 is 1.18 bits per heavy atom. The topological polar surface area (TPSA) is 101 Å². The molecule has 0 radical (unpaired) electrons. The van der Waals surface area contributed by atoms with Crippen LogP contribution in [0.2, 0.25) is 0 Å². The van der Waals surface area contributed by atoms with Gasteiger partial charge in [0.1, 0.15) is 22.8 Å². The number of hydrogen-bond donors (Lipinski definition) is 2. The molecule has 1 aromatic heterocycles. The molecule has 2 unspecified atom stereocenters. The van der Waals surface area contributed by atoms with Gasteiger partial charge in [0.25, 0.3) is 5.91 Å². The van der Waals surface area contributed by atoms with E-state index in [1.54, 1.807) is 25.1 Å². The van der Waals surface area contributed by atoms with Gasteiger partial charge in [-0.15, -0.1) is 0 Å². The van der Waals surface area contributed by atoms with E-state index in [9.17, 15) is 27.9 Å².